The minimum absolute atomic E-state index is 0.00833. The third-order valence-electron chi connectivity index (χ3n) is 14.3. The molecular formula is C61H119NO5. The van der Waals surface area contributed by atoms with Crippen molar-refractivity contribution in [3.8, 4) is 0 Å². The largest absolute Gasteiger partial charge is 0.466 e. The van der Waals surface area contributed by atoms with E-state index in [0.29, 0.717) is 25.9 Å². The van der Waals surface area contributed by atoms with E-state index in [0.717, 1.165) is 44.9 Å². The maximum Gasteiger partial charge on any atom is 0.305 e. The van der Waals surface area contributed by atoms with Gasteiger partial charge in [-0.25, -0.2) is 0 Å². The number of esters is 1. The van der Waals surface area contributed by atoms with Crippen LogP contribution in [0.15, 0.2) is 12.2 Å². The lowest BCUT2D eigenvalue weighted by Crippen LogP contribution is -2.45. The Morgan fingerprint density at radius 3 is 1.06 bits per heavy atom. The lowest BCUT2D eigenvalue weighted by molar-refractivity contribution is -0.143. The number of rotatable bonds is 57. The van der Waals surface area contributed by atoms with Gasteiger partial charge in [-0.15, -0.1) is 0 Å². The maximum atomic E-state index is 12.5. The molecule has 0 rings (SSSR count). The average molecular weight is 947 g/mol. The Bertz CT molecular complexity index is 1000. The van der Waals surface area contributed by atoms with Gasteiger partial charge in [0.05, 0.1) is 25.4 Å². The number of hydrogen-bond acceptors (Lipinski definition) is 5. The van der Waals surface area contributed by atoms with Gasteiger partial charge in [-0.2, -0.15) is 0 Å². The van der Waals surface area contributed by atoms with Crippen molar-refractivity contribution in [3.05, 3.63) is 12.2 Å². The number of hydrogen-bond donors (Lipinski definition) is 3. The number of nitrogens with one attached hydrogen (secondary N) is 1. The molecule has 0 bridgehead atoms. The zero-order valence-corrected chi connectivity index (χ0v) is 45.4. The van der Waals surface area contributed by atoms with Gasteiger partial charge in [-0.1, -0.05) is 289 Å². The first kappa shape index (κ1) is 65.6. The summed E-state index contributed by atoms with van der Waals surface area (Å²) in [5, 5.41) is 23.2. The van der Waals surface area contributed by atoms with E-state index in [1.54, 1.807) is 0 Å². The van der Waals surface area contributed by atoms with E-state index < -0.39 is 12.1 Å². The van der Waals surface area contributed by atoms with Crippen molar-refractivity contribution >= 4 is 11.9 Å². The van der Waals surface area contributed by atoms with Gasteiger partial charge in [-0.3, -0.25) is 9.59 Å². The summed E-state index contributed by atoms with van der Waals surface area (Å²) in [4.78, 5) is 24.5. The first-order chi connectivity index (χ1) is 33.0. The first-order valence-corrected chi connectivity index (χ1v) is 30.4. The number of carbonyl (C=O) groups is 2. The van der Waals surface area contributed by atoms with E-state index in [9.17, 15) is 19.8 Å². The molecule has 0 heterocycles. The Hall–Kier alpha value is -1.40. The van der Waals surface area contributed by atoms with Crippen molar-refractivity contribution in [3.63, 3.8) is 0 Å². The van der Waals surface area contributed by atoms with E-state index in [2.05, 4.69) is 31.3 Å². The van der Waals surface area contributed by atoms with Crippen molar-refractivity contribution in [1.82, 2.24) is 5.32 Å². The highest BCUT2D eigenvalue weighted by atomic mass is 16.5. The number of aliphatic hydroxyl groups is 2. The lowest BCUT2D eigenvalue weighted by atomic mass is 10.0. The fourth-order valence-electron chi connectivity index (χ4n) is 9.64. The van der Waals surface area contributed by atoms with Crippen LogP contribution in [0.25, 0.3) is 0 Å². The number of carbonyl (C=O) groups excluding carboxylic acids is 2. The minimum atomic E-state index is -0.664. The van der Waals surface area contributed by atoms with E-state index in [-0.39, 0.29) is 18.5 Å². The maximum absolute atomic E-state index is 12.5. The molecular weight excluding hydrogens is 827 g/mol. The molecule has 6 heteroatoms. The quantitative estimate of drug-likeness (QED) is 0.0321. The van der Waals surface area contributed by atoms with E-state index >= 15 is 0 Å². The first-order valence-electron chi connectivity index (χ1n) is 30.4. The van der Waals surface area contributed by atoms with Crippen LogP contribution in [-0.2, 0) is 14.3 Å². The summed E-state index contributed by atoms with van der Waals surface area (Å²) in [6, 6.07) is -0.541. The molecule has 398 valence electrons. The Balaban J connectivity index is 3.36. The Kier molecular flexibility index (Phi) is 56.0. The molecule has 0 aliphatic rings. The molecule has 67 heavy (non-hydrogen) atoms. The highest BCUT2D eigenvalue weighted by molar-refractivity contribution is 5.76. The van der Waals surface area contributed by atoms with Gasteiger partial charge >= 0.3 is 5.97 Å². The Morgan fingerprint density at radius 2 is 0.701 bits per heavy atom. The predicted octanol–water partition coefficient (Wildman–Crippen LogP) is 18.9. The van der Waals surface area contributed by atoms with Gasteiger partial charge in [-0.05, 0) is 51.4 Å². The Morgan fingerprint density at radius 1 is 0.403 bits per heavy atom. The summed E-state index contributed by atoms with van der Waals surface area (Å²) in [5.74, 6) is -0.0276. The molecule has 0 aromatic carbocycles. The fraction of sp³-hybridized carbons (Fsp3) is 0.934. The van der Waals surface area contributed by atoms with Crippen LogP contribution in [-0.4, -0.2) is 47.4 Å². The molecule has 0 fully saturated rings. The molecule has 0 aliphatic carbocycles. The summed E-state index contributed by atoms with van der Waals surface area (Å²) >= 11 is 0. The molecule has 0 saturated carbocycles. The molecule has 6 nitrogen and oxygen atoms in total. The second kappa shape index (κ2) is 57.2. The van der Waals surface area contributed by atoms with Gasteiger partial charge in [0, 0.05) is 12.8 Å². The smallest absolute Gasteiger partial charge is 0.305 e. The van der Waals surface area contributed by atoms with Gasteiger partial charge in [0.25, 0.3) is 0 Å². The SMILES string of the molecule is CCCCCCCCC/C=C\CCCCCCCCCC(=O)OCCCCCCCCCCCCCCCCCCCCCCC(=O)NC(CO)C(O)CCCCCCCCCCCCCC. The summed E-state index contributed by atoms with van der Waals surface area (Å²) in [6.45, 7) is 4.96. The topological polar surface area (TPSA) is 95.9 Å². The molecule has 3 N–H and O–H groups in total. The number of ether oxygens (including phenoxy) is 1. The van der Waals surface area contributed by atoms with Gasteiger partial charge in [0.15, 0.2) is 0 Å². The van der Waals surface area contributed by atoms with Crippen LogP contribution in [0.5, 0.6) is 0 Å². The molecule has 1 amide bonds. The van der Waals surface area contributed by atoms with Crippen LogP contribution in [0.1, 0.15) is 341 Å². The highest BCUT2D eigenvalue weighted by Crippen LogP contribution is 2.18. The zero-order valence-electron chi connectivity index (χ0n) is 45.4. The van der Waals surface area contributed by atoms with Crippen LogP contribution in [0.2, 0.25) is 0 Å². The van der Waals surface area contributed by atoms with Crippen LogP contribution >= 0.6 is 0 Å². The molecule has 0 spiro atoms. The monoisotopic (exact) mass is 946 g/mol. The normalized spacial score (nSPS) is 12.6. The van der Waals surface area contributed by atoms with Crippen LogP contribution in [0.3, 0.4) is 0 Å². The standard InChI is InChI=1S/C61H119NO5/c1-3-5-7-9-11-13-15-17-18-19-25-28-31-35-39-43-47-51-55-61(66)67-56-52-48-44-40-36-32-29-26-23-21-20-22-24-27-30-34-38-42-46-50-54-60(65)62-58(57-63)59(64)53-49-45-41-37-33-16-14-12-10-8-6-4-2/h18-19,58-59,63-64H,3-17,20-57H2,1-2H3,(H,62,65)/b19-18-. The number of unbranched alkanes of at least 4 members (excludes halogenated alkanes) is 44. The van der Waals surface area contributed by atoms with Crippen LogP contribution < -0.4 is 5.32 Å². The predicted molar refractivity (Wildman–Crippen MR) is 292 cm³/mol. The lowest BCUT2D eigenvalue weighted by Gasteiger charge is -2.22. The average Bonchev–Trinajstić information content (AvgIpc) is 3.33. The second-order valence-electron chi connectivity index (χ2n) is 21.0. The molecule has 0 aromatic rings. The summed E-state index contributed by atoms with van der Waals surface area (Å²) in [5.41, 5.74) is 0. The van der Waals surface area contributed by atoms with Crippen molar-refractivity contribution in [2.75, 3.05) is 13.2 Å². The van der Waals surface area contributed by atoms with Crippen molar-refractivity contribution in [1.29, 1.82) is 0 Å². The van der Waals surface area contributed by atoms with E-state index in [4.69, 9.17) is 4.74 Å². The van der Waals surface area contributed by atoms with Gasteiger partial charge < -0.3 is 20.3 Å². The molecule has 2 atom stereocenters. The molecule has 0 aliphatic heterocycles. The fourth-order valence-corrected chi connectivity index (χ4v) is 9.64. The summed E-state index contributed by atoms with van der Waals surface area (Å²) in [7, 11) is 0. The second-order valence-corrected chi connectivity index (χ2v) is 21.0. The molecule has 0 saturated heterocycles. The van der Waals surface area contributed by atoms with Crippen LogP contribution in [0, 0.1) is 0 Å². The van der Waals surface area contributed by atoms with Crippen molar-refractivity contribution in [2.24, 2.45) is 0 Å². The van der Waals surface area contributed by atoms with Gasteiger partial charge in [0.2, 0.25) is 5.91 Å². The van der Waals surface area contributed by atoms with E-state index in [1.165, 1.54) is 263 Å². The highest BCUT2D eigenvalue weighted by Gasteiger charge is 2.20. The zero-order chi connectivity index (χ0) is 48.6. The van der Waals surface area contributed by atoms with E-state index in [1.807, 2.05) is 0 Å². The van der Waals surface area contributed by atoms with Crippen LogP contribution in [0.4, 0.5) is 0 Å². The number of amides is 1. The third-order valence-corrected chi connectivity index (χ3v) is 14.3. The van der Waals surface area contributed by atoms with Crippen molar-refractivity contribution in [2.45, 2.75) is 353 Å². The molecule has 2 unspecified atom stereocenters. The third kappa shape index (κ3) is 53.8. The summed E-state index contributed by atoms with van der Waals surface area (Å²) in [6.07, 6.45) is 67.9. The minimum Gasteiger partial charge on any atom is -0.466 e. The van der Waals surface area contributed by atoms with Gasteiger partial charge in [0.1, 0.15) is 0 Å². The number of allylic oxidation sites excluding steroid dienone is 2. The summed E-state index contributed by atoms with van der Waals surface area (Å²) < 4.78 is 5.49. The molecule has 0 aromatic heterocycles. The Labute approximate surface area is 419 Å². The number of aliphatic hydroxyl groups excluding tert-OH is 2. The van der Waals surface area contributed by atoms with Crippen molar-refractivity contribution < 1.29 is 24.5 Å². The molecule has 0 radical (unpaired) electrons.